The minimum Gasteiger partial charge on any atom is -0.447 e. The highest BCUT2D eigenvalue weighted by Gasteiger charge is 2.42. The van der Waals surface area contributed by atoms with E-state index in [1.807, 2.05) is 0 Å². The number of carbonyl (C=O) groups excluding carboxylic acids is 3. The maximum absolute atomic E-state index is 14.5. The molecule has 1 saturated heterocycles. The molecule has 2 aromatic carbocycles. The van der Waals surface area contributed by atoms with E-state index in [-0.39, 0.29) is 60.9 Å². The average Bonchev–Trinajstić information content (AvgIpc) is 3.33. The molecule has 0 spiro atoms. The predicted octanol–water partition coefficient (Wildman–Crippen LogP) is 5.45. The van der Waals surface area contributed by atoms with E-state index >= 15 is 0 Å². The minimum atomic E-state index is -2.80. The van der Waals surface area contributed by atoms with Gasteiger partial charge in [-0.3, -0.25) is 14.5 Å². The zero-order valence-electron chi connectivity index (χ0n) is 22.3. The molecule has 1 saturated carbocycles. The molecule has 2 atom stereocenters. The maximum Gasteiger partial charge on any atom is 0.417 e. The van der Waals surface area contributed by atoms with Gasteiger partial charge in [-0.2, -0.15) is 0 Å². The number of amides is 3. The third-order valence-corrected chi connectivity index (χ3v) is 7.61. The van der Waals surface area contributed by atoms with E-state index < -0.39 is 47.8 Å². The van der Waals surface area contributed by atoms with E-state index in [9.17, 15) is 27.6 Å². The number of hydrogen-bond acceptors (Lipinski definition) is 6. The van der Waals surface area contributed by atoms with Crippen molar-refractivity contribution in [3.05, 3.63) is 83.4 Å². The Bertz CT molecular complexity index is 1450. The molecule has 1 N–H and O–H groups in total. The lowest BCUT2D eigenvalue weighted by atomic mass is 9.91. The van der Waals surface area contributed by atoms with E-state index in [1.165, 1.54) is 30.6 Å². The van der Waals surface area contributed by atoms with Crippen molar-refractivity contribution in [3.63, 3.8) is 0 Å². The fourth-order valence-corrected chi connectivity index (χ4v) is 5.43. The standard InChI is InChI=1S/C29H27ClF3N5O4/c30-23-8-2-1-7-22(23)25(26(40)36-19-9-11-29(32,33)12-10-19)37(20-6-3-5-18(31)15-20)24(39)16-21-17-42-28(41)38(21)27-34-13-4-14-35-27/h1-8,13-15,19,21,25H,9-12,16-17H2,(H,36,40)/t21-,25+/m1/s1. The number of hydrogen-bond donors (Lipinski definition) is 1. The van der Waals surface area contributed by atoms with Crippen molar-refractivity contribution in [3.8, 4) is 0 Å². The molecule has 2 aliphatic rings. The summed E-state index contributed by atoms with van der Waals surface area (Å²) >= 11 is 6.52. The van der Waals surface area contributed by atoms with Gasteiger partial charge in [-0.15, -0.1) is 0 Å². The van der Waals surface area contributed by atoms with Gasteiger partial charge in [0.05, 0.1) is 12.5 Å². The Labute approximate surface area is 244 Å². The molecule has 2 heterocycles. The number of benzene rings is 2. The van der Waals surface area contributed by atoms with Gasteiger partial charge in [-0.1, -0.05) is 35.9 Å². The Kier molecular flexibility index (Phi) is 8.62. The number of nitrogens with one attached hydrogen (secondary N) is 1. The summed E-state index contributed by atoms with van der Waals surface area (Å²) in [4.78, 5) is 51.1. The van der Waals surface area contributed by atoms with Crippen LogP contribution in [-0.4, -0.2) is 52.5 Å². The largest absolute Gasteiger partial charge is 0.447 e. The number of anilines is 2. The zero-order chi connectivity index (χ0) is 29.9. The van der Waals surface area contributed by atoms with Gasteiger partial charge in [0.1, 0.15) is 18.5 Å². The van der Waals surface area contributed by atoms with Crippen LogP contribution in [0.2, 0.25) is 5.02 Å². The highest BCUT2D eigenvalue weighted by Crippen LogP contribution is 2.36. The van der Waals surface area contributed by atoms with E-state index in [0.29, 0.717) is 0 Å². The van der Waals surface area contributed by atoms with Crippen LogP contribution in [0.15, 0.2) is 67.0 Å². The third kappa shape index (κ3) is 6.48. The molecule has 0 bridgehead atoms. The lowest BCUT2D eigenvalue weighted by Gasteiger charge is -2.35. The van der Waals surface area contributed by atoms with Crippen molar-refractivity contribution in [1.29, 1.82) is 0 Å². The molecule has 2 fully saturated rings. The van der Waals surface area contributed by atoms with Gasteiger partial charge in [0.25, 0.3) is 0 Å². The van der Waals surface area contributed by atoms with E-state index in [1.54, 1.807) is 30.3 Å². The fourth-order valence-electron chi connectivity index (χ4n) is 5.19. The van der Waals surface area contributed by atoms with Gasteiger partial charge in [0, 0.05) is 47.6 Å². The SMILES string of the molecule is O=C(NC1CCC(F)(F)CC1)[C@H](c1ccccc1Cl)N(C(=O)C[C@@H]1COC(=O)N1c1ncccn1)c1cccc(F)c1. The van der Waals surface area contributed by atoms with Crippen LogP contribution in [0.3, 0.4) is 0 Å². The Morgan fingerprint density at radius 2 is 1.81 bits per heavy atom. The summed E-state index contributed by atoms with van der Waals surface area (Å²) in [7, 11) is 0. The second-order valence-corrected chi connectivity index (χ2v) is 10.6. The first-order chi connectivity index (χ1) is 20.1. The van der Waals surface area contributed by atoms with Crippen LogP contribution in [0.1, 0.15) is 43.7 Å². The van der Waals surface area contributed by atoms with Crippen LogP contribution in [0.25, 0.3) is 0 Å². The number of carbonyl (C=O) groups is 3. The van der Waals surface area contributed by atoms with Crippen molar-refractivity contribution < 1.29 is 32.3 Å². The fraction of sp³-hybridized carbons (Fsp3) is 0.345. The number of aromatic nitrogens is 2. The Hall–Kier alpha value is -4.19. The van der Waals surface area contributed by atoms with Crippen LogP contribution < -0.4 is 15.1 Å². The van der Waals surface area contributed by atoms with Crippen molar-refractivity contribution in [2.75, 3.05) is 16.4 Å². The summed E-state index contributed by atoms with van der Waals surface area (Å²) < 4.78 is 47.3. The molecule has 220 valence electrons. The molecule has 1 aliphatic heterocycles. The van der Waals surface area contributed by atoms with Crippen molar-refractivity contribution in [2.24, 2.45) is 0 Å². The third-order valence-electron chi connectivity index (χ3n) is 7.26. The van der Waals surface area contributed by atoms with E-state index in [4.69, 9.17) is 16.3 Å². The number of alkyl halides is 2. The Morgan fingerprint density at radius 3 is 2.50 bits per heavy atom. The summed E-state index contributed by atoms with van der Waals surface area (Å²) in [5.41, 5.74) is 0.306. The first kappa shape index (κ1) is 29.3. The maximum atomic E-state index is 14.5. The highest BCUT2D eigenvalue weighted by atomic mass is 35.5. The lowest BCUT2D eigenvalue weighted by Crippen LogP contribution is -2.49. The number of cyclic esters (lactones) is 1. The van der Waals surface area contributed by atoms with Crippen LogP contribution >= 0.6 is 11.6 Å². The first-order valence-corrected chi connectivity index (χ1v) is 13.7. The summed E-state index contributed by atoms with van der Waals surface area (Å²) in [5.74, 6) is -4.75. The van der Waals surface area contributed by atoms with Crippen molar-refractivity contribution in [1.82, 2.24) is 15.3 Å². The Morgan fingerprint density at radius 1 is 1.10 bits per heavy atom. The number of nitrogens with zero attached hydrogens (tertiary/aromatic N) is 4. The van der Waals surface area contributed by atoms with Crippen LogP contribution in [0.5, 0.6) is 0 Å². The van der Waals surface area contributed by atoms with E-state index in [0.717, 1.165) is 15.9 Å². The Balaban J connectivity index is 1.51. The molecule has 1 aromatic heterocycles. The predicted molar refractivity (Wildman–Crippen MR) is 148 cm³/mol. The molecular weight excluding hydrogens is 575 g/mol. The van der Waals surface area contributed by atoms with Crippen LogP contribution in [-0.2, 0) is 14.3 Å². The van der Waals surface area contributed by atoms with Gasteiger partial charge in [-0.05, 0) is 43.2 Å². The van der Waals surface area contributed by atoms with Crippen LogP contribution in [0.4, 0.5) is 29.6 Å². The lowest BCUT2D eigenvalue weighted by molar-refractivity contribution is -0.128. The number of rotatable bonds is 8. The summed E-state index contributed by atoms with van der Waals surface area (Å²) in [6.45, 7) is -0.154. The number of ether oxygens (including phenoxy) is 1. The van der Waals surface area contributed by atoms with Gasteiger partial charge >= 0.3 is 6.09 Å². The van der Waals surface area contributed by atoms with Crippen molar-refractivity contribution >= 4 is 41.1 Å². The van der Waals surface area contributed by atoms with Crippen molar-refractivity contribution in [2.45, 2.75) is 56.2 Å². The van der Waals surface area contributed by atoms with Gasteiger partial charge < -0.3 is 10.1 Å². The molecule has 3 aromatic rings. The topological polar surface area (TPSA) is 105 Å². The molecule has 0 radical (unpaired) electrons. The highest BCUT2D eigenvalue weighted by molar-refractivity contribution is 6.31. The molecule has 1 aliphatic carbocycles. The second kappa shape index (κ2) is 12.4. The smallest absolute Gasteiger partial charge is 0.417 e. The molecular formula is C29H27ClF3N5O4. The normalized spacial score (nSPS) is 19.2. The molecule has 3 amide bonds. The molecule has 42 heavy (non-hydrogen) atoms. The molecule has 9 nitrogen and oxygen atoms in total. The molecule has 0 unspecified atom stereocenters. The second-order valence-electron chi connectivity index (χ2n) is 10.2. The van der Waals surface area contributed by atoms with Gasteiger partial charge in [0.2, 0.25) is 23.7 Å². The summed E-state index contributed by atoms with van der Waals surface area (Å²) in [5, 5.41) is 2.98. The zero-order valence-corrected chi connectivity index (χ0v) is 23.0. The van der Waals surface area contributed by atoms with E-state index in [2.05, 4.69) is 15.3 Å². The first-order valence-electron chi connectivity index (χ1n) is 13.4. The quantitative estimate of drug-likeness (QED) is 0.368. The monoisotopic (exact) mass is 601 g/mol. The average molecular weight is 602 g/mol. The van der Waals surface area contributed by atoms with Gasteiger partial charge in [0.15, 0.2) is 0 Å². The number of halogens is 4. The summed E-state index contributed by atoms with van der Waals surface area (Å²) in [6.07, 6.45) is 1.12. The van der Waals surface area contributed by atoms with Gasteiger partial charge in [-0.25, -0.2) is 32.8 Å². The molecule has 13 heteroatoms. The molecule has 5 rings (SSSR count). The van der Waals surface area contributed by atoms with Crippen LogP contribution in [0, 0.1) is 5.82 Å². The minimum absolute atomic E-state index is 0.0320. The summed E-state index contributed by atoms with van der Waals surface area (Å²) in [6, 6.07) is 10.3.